The Kier molecular flexibility index (Phi) is 9.89. The van der Waals surface area contributed by atoms with E-state index in [1.807, 2.05) is 31.3 Å². The number of para-hydroxylation sites is 1. The monoisotopic (exact) mass is 795 g/mol. The summed E-state index contributed by atoms with van der Waals surface area (Å²) in [5, 5.41) is 14.7. The first-order chi connectivity index (χ1) is 28.5. The number of nitrogens with one attached hydrogen (secondary N) is 3. The third-order valence-corrected chi connectivity index (χ3v) is 12.6. The van der Waals surface area contributed by atoms with Crippen LogP contribution in [0.2, 0.25) is 0 Å². The average molecular weight is 796 g/mol. The molecule has 3 aliphatic rings. The van der Waals surface area contributed by atoms with Crippen molar-refractivity contribution in [2.24, 2.45) is 20.0 Å². The van der Waals surface area contributed by atoms with Crippen LogP contribution in [0.5, 0.6) is 0 Å². The van der Waals surface area contributed by atoms with Crippen LogP contribution in [-0.2, 0) is 28.5 Å². The van der Waals surface area contributed by atoms with E-state index in [1.165, 1.54) is 10.1 Å². The molecule has 6 heterocycles. The normalized spacial score (nSPS) is 18.1. The number of piperidine rings is 3. The SMILES string of the molecule is Cc1cccc(C)c1Nc1nn(C)c2nc(Nc3ccc(C4CCN(C(=O)C5CCN(c6ccc7c(c6)n(C)c(=O)n7C6CCC(=O)NC6=O)CC5)CC4)cc3)ncc12. The number of likely N-dealkylation sites (tertiary alicyclic amines) is 1. The smallest absolute Gasteiger partial charge is 0.329 e. The van der Waals surface area contributed by atoms with Crippen molar-refractivity contribution in [1.82, 2.24) is 39.1 Å². The van der Waals surface area contributed by atoms with Crippen molar-refractivity contribution in [3.8, 4) is 0 Å². The van der Waals surface area contributed by atoms with Gasteiger partial charge in [-0.15, -0.1) is 0 Å². The summed E-state index contributed by atoms with van der Waals surface area (Å²) in [6.45, 7) is 7.14. The fourth-order valence-corrected chi connectivity index (χ4v) is 9.14. The Morgan fingerprint density at radius 1 is 0.831 bits per heavy atom. The maximum absolute atomic E-state index is 13.7. The Balaban J connectivity index is 0.776. The number of rotatable bonds is 8. The molecule has 3 fully saturated rings. The zero-order valence-electron chi connectivity index (χ0n) is 33.9. The third-order valence-electron chi connectivity index (χ3n) is 12.6. The van der Waals surface area contributed by atoms with E-state index in [-0.39, 0.29) is 29.8 Å². The number of fused-ring (bicyclic) bond motifs is 2. The van der Waals surface area contributed by atoms with Gasteiger partial charge < -0.3 is 20.4 Å². The number of imide groups is 1. The molecule has 3 amide bonds. The van der Waals surface area contributed by atoms with Crippen molar-refractivity contribution in [2.45, 2.75) is 64.3 Å². The summed E-state index contributed by atoms with van der Waals surface area (Å²) in [5.41, 5.74) is 8.33. The largest absolute Gasteiger partial charge is 0.371 e. The molecule has 6 aromatic rings. The van der Waals surface area contributed by atoms with E-state index in [0.717, 1.165) is 102 Å². The number of aryl methyl sites for hydroxylation is 4. The van der Waals surface area contributed by atoms with Gasteiger partial charge in [0.1, 0.15) is 6.04 Å². The van der Waals surface area contributed by atoms with E-state index >= 15 is 0 Å². The van der Waals surface area contributed by atoms with Gasteiger partial charge in [-0.25, -0.2) is 14.5 Å². The van der Waals surface area contributed by atoms with Crippen molar-refractivity contribution in [2.75, 3.05) is 41.7 Å². The second kappa shape index (κ2) is 15.3. The van der Waals surface area contributed by atoms with Gasteiger partial charge in [-0.1, -0.05) is 30.3 Å². The molecule has 1 atom stereocenters. The molecular weight excluding hydrogens is 747 g/mol. The molecule has 9 rings (SSSR count). The molecule has 0 aliphatic carbocycles. The fourth-order valence-electron chi connectivity index (χ4n) is 9.14. The maximum atomic E-state index is 13.7. The van der Waals surface area contributed by atoms with E-state index in [2.05, 4.69) is 86.1 Å². The van der Waals surface area contributed by atoms with Crippen LogP contribution in [0.25, 0.3) is 22.1 Å². The Labute approximate surface area is 341 Å². The van der Waals surface area contributed by atoms with Crippen molar-refractivity contribution in [3.05, 3.63) is 94.0 Å². The summed E-state index contributed by atoms with van der Waals surface area (Å²) in [6.07, 6.45) is 5.69. The highest BCUT2D eigenvalue weighted by atomic mass is 16.2. The lowest BCUT2D eigenvalue weighted by Crippen LogP contribution is -2.45. The van der Waals surface area contributed by atoms with E-state index in [9.17, 15) is 19.2 Å². The minimum atomic E-state index is -0.715. The van der Waals surface area contributed by atoms with Crippen molar-refractivity contribution in [3.63, 3.8) is 0 Å². The van der Waals surface area contributed by atoms with Gasteiger partial charge in [0, 0.05) is 75.9 Å². The summed E-state index contributed by atoms with van der Waals surface area (Å²) in [4.78, 5) is 65.0. The lowest BCUT2D eigenvalue weighted by molar-refractivity contribution is -0.137. The van der Waals surface area contributed by atoms with Crippen molar-refractivity contribution >= 4 is 68.6 Å². The molecule has 3 aromatic heterocycles. The maximum Gasteiger partial charge on any atom is 0.329 e. The first-order valence-corrected chi connectivity index (χ1v) is 20.5. The number of benzene rings is 3. The quantitative estimate of drug-likeness (QED) is 0.162. The number of anilines is 5. The number of hydrogen-bond donors (Lipinski definition) is 3. The summed E-state index contributed by atoms with van der Waals surface area (Å²) in [6, 6.07) is 19.8. The van der Waals surface area contributed by atoms with Gasteiger partial charge in [0.05, 0.1) is 16.4 Å². The van der Waals surface area contributed by atoms with Gasteiger partial charge in [-0.05, 0) is 98.9 Å². The highest BCUT2D eigenvalue weighted by Gasteiger charge is 2.33. The van der Waals surface area contributed by atoms with Crippen LogP contribution in [0.15, 0.2) is 71.7 Å². The van der Waals surface area contributed by atoms with Crippen LogP contribution >= 0.6 is 0 Å². The number of carbonyl (C=O) groups excluding carboxylic acids is 3. The highest BCUT2D eigenvalue weighted by Crippen LogP contribution is 2.34. The molecular formula is C44H49N11O4. The van der Waals surface area contributed by atoms with E-state index in [4.69, 9.17) is 4.98 Å². The molecule has 59 heavy (non-hydrogen) atoms. The van der Waals surface area contributed by atoms with Gasteiger partial charge in [0.2, 0.25) is 23.7 Å². The Morgan fingerprint density at radius 3 is 2.27 bits per heavy atom. The van der Waals surface area contributed by atoms with Crippen LogP contribution in [0.3, 0.4) is 0 Å². The lowest BCUT2D eigenvalue weighted by atomic mass is 9.88. The third kappa shape index (κ3) is 7.18. The van der Waals surface area contributed by atoms with Gasteiger partial charge in [0.25, 0.3) is 0 Å². The number of amides is 3. The van der Waals surface area contributed by atoms with E-state index < -0.39 is 11.9 Å². The number of nitrogens with zero attached hydrogens (tertiary/aromatic N) is 8. The molecule has 3 aromatic carbocycles. The minimum absolute atomic E-state index is 0.0113. The van der Waals surface area contributed by atoms with E-state index in [1.54, 1.807) is 22.5 Å². The van der Waals surface area contributed by atoms with Crippen molar-refractivity contribution < 1.29 is 14.4 Å². The summed E-state index contributed by atoms with van der Waals surface area (Å²) < 4.78 is 4.83. The molecule has 1 unspecified atom stereocenters. The Hall–Kier alpha value is -6.51. The number of aromatic nitrogens is 6. The summed E-state index contributed by atoms with van der Waals surface area (Å²) in [7, 11) is 3.59. The second-order valence-corrected chi connectivity index (χ2v) is 16.3. The molecule has 0 spiro atoms. The minimum Gasteiger partial charge on any atom is -0.371 e. The van der Waals surface area contributed by atoms with Crippen molar-refractivity contribution in [1.29, 1.82) is 0 Å². The molecule has 0 saturated carbocycles. The molecule has 3 N–H and O–H groups in total. The zero-order chi connectivity index (χ0) is 40.9. The van der Waals surface area contributed by atoms with Crippen LogP contribution in [-0.4, -0.2) is 77.7 Å². The van der Waals surface area contributed by atoms with Gasteiger partial charge >= 0.3 is 5.69 Å². The molecule has 15 heteroatoms. The van der Waals surface area contributed by atoms with Crippen LogP contribution in [0, 0.1) is 19.8 Å². The molecule has 3 saturated heterocycles. The van der Waals surface area contributed by atoms with E-state index in [0.29, 0.717) is 23.8 Å². The summed E-state index contributed by atoms with van der Waals surface area (Å²) in [5.74, 6) is 1.09. The first-order valence-electron chi connectivity index (χ1n) is 20.5. The standard InChI is InChI=1S/C44H49N11O4/c1-26-6-5-7-27(2)38(26)48-39-33-25-45-43(49-40(33)52(4)50-39)46-31-10-8-28(9-11-31)29-16-22-54(23-17-29)42(58)30-18-20-53(21-19-30)32-12-13-34-36(24-32)51(3)44(59)55(34)35-14-15-37(56)47-41(35)57/h5-13,24-25,29-30,35H,14-23H2,1-4H3,(H,48,50)(H,45,46,49)(H,47,56,57). The fraction of sp³-hybridized carbons (Fsp3) is 0.386. The topological polar surface area (TPSA) is 164 Å². The number of carbonyl (C=O) groups is 3. The van der Waals surface area contributed by atoms with Gasteiger partial charge in [0.15, 0.2) is 11.5 Å². The molecule has 304 valence electrons. The predicted molar refractivity (Wildman–Crippen MR) is 227 cm³/mol. The number of imidazole rings is 1. The van der Waals surface area contributed by atoms with Gasteiger partial charge in [-0.2, -0.15) is 10.1 Å². The highest BCUT2D eigenvalue weighted by molar-refractivity contribution is 6.00. The zero-order valence-corrected chi connectivity index (χ0v) is 33.9. The Bertz CT molecular complexity index is 2640. The molecule has 3 aliphatic heterocycles. The van der Waals surface area contributed by atoms with Gasteiger partial charge in [-0.3, -0.25) is 28.8 Å². The molecule has 0 bridgehead atoms. The number of hydrogen-bond acceptors (Lipinski definition) is 10. The Morgan fingerprint density at radius 2 is 1.56 bits per heavy atom. The van der Waals surface area contributed by atoms with Crippen LogP contribution in [0.4, 0.5) is 28.8 Å². The second-order valence-electron chi connectivity index (χ2n) is 16.3. The average Bonchev–Trinajstić information content (AvgIpc) is 3.69. The first kappa shape index (κ1) is 38.0. The van der Waals surface area contributed by atoms with Crippen LogP contribution in [0.1, 0.15) is 67.2 Å². The lowest BCUT2D eigenvalue weighted by Gasteiger charge is -2.38. The van der Waals surface area contributed by atoms with Crippen LogP contribution < -0.4 is 26.5 Å². The molecule has 15 nitrogen and oxygen atoms in total. The summed E-state index contributed by atoms with van der Waals surface area (Å²) >= 11 is 0. The predicted octanol–water partition coefficient (Wildman–Crippen LogP) is 5.72. The molecule has 0 radical (unpaired) electrons.